The first-order chi connectivity index (χ1) is 5.54. The Balaban J connectivity index is 2.49. The molecule has 0 bridgehead atoms. The molecule has 72 valence electrons. The third kappa shape index (κ3) is 1.99. The van der Waals surface area contributed by atoms with Crippen LogP contribution in [-0.4, -0.2) is 24.2 Å². The predicted octanol–water partition coefficient (Wildman–Crippen LogP) is 1.52. The van der Waals surface area contributed by atoms with E-state index in [9.17, 15) is 0 Å². The van der Waals surface area contributed by atoms with E-state index in [1.807, 2.05) is 0 Å². The number of nitrogens with one attached hydrogen (secondary N) is 2. The normalized spacial score (nSPS) is 43.0. The molecule has 1 aliphatic rings. The van der Waals surface area contributed by atoms with Gasteiger partial charge in [0, 0.05) is 24.2 Å². The van der Waals surface area contributed by atoms with Crippen molar-refractivity contribution in [3.63, 3.8) is 0 Å². The molecule has 0 aliphatic carbocycles. The summed E-state index contributed by atoms with van der Waals surface area (Å²) in [5.41, 5.74) is 0.628. The average Bonchev–Trinajstić information content (AvgIpc) is 2.11. The molecule has 2 heteroatoms. The summed E-state index contributed by atoms with van der Waals surface area (Å²) in [6.45, 7) is 11.2. The highest BCUT2D eigenvalue weighted by Gasteiger charge is 2.33. The van der Waals surface area contributed by atoms with Gasteiger partial charge in [-0.25, -0.2) is 0 Å². The molecule has 0 amide bonds. The molecule has 1 rings (SSSR count). The van der Waals surface area contributed by atoms with Gasteiger partial charge in [-0.05, 0) is 26.7 Å². The van der Waals surface area contributed by atoms with E-state index in [1.165, 1.54) is 12.8 Å². The molecule has 2 N–H and O–H groups in total. The van der Waals surface area contributed by atoms with Crippen LogP contribution in [0.5, 0.6) is 0 Å². The van der Waals surface area contributed by atoms with Crippen molar-refractivity contribution in [1.29, 1.82) is 0 Å². The van der Waals surface area contributed by atoms with E-state index in [1.54, 1.807) is 0 Å². The number of rotatable bonds is 2. The van der Waals surface area contributed by atoms with Gasteiger partial charge < -0.3 is 10.6 Å². The van der Waals surface area contributed by atoms with Crippen LogP contribution in [0.3, 0.4) is 0 Å². The molecule has 12 heavy (non-hydrogen) atoms. The predicted molar refractivity (Wildman–Crippen MR) is 53.4 cm³/mol. The summed E-state index contributed by atoms with van der Waals surface area (Å²) in [7, 11) is 0. The second kappa shape index (κ2) is 3.35. The molecule has 0 radical (unpaired) electrons. The standard InChI is InChI=1S/C10H22N2/c1-5-9(3)7-12-10(4,6-2)8-11-9/h11-12H,5-8H2,1-4H3. The van der Waals surface area contributed by atoms with Crippen molar-refractivity contribution in [2.75, 3.05) is 13.1 Å². The van der Waals surface area contributed by atoms with Crippen LogP contribution in [0.2, 0.25) is 0 Å². The van der Waals surface area contributed by atoms with E-state index in [2.05, 4.69) is 38.3 Å². The minimum Gasteiger partial charge on any atom is -0.308 e. The van der Waals surface area contributed by atoms with Crippen molar-refractivity contribution < 1.29 is 0 Å². The monoisotopic (exact) mass is 170 g/mol. The lowest BCUT2D eigenvalue weighted by Gasteiger charge is -2.44. The van der Waals surface area contributed by atoms with Gasteiger partial charge in [-0.15, -0.1) is 0 Å². The molecule has 2 unspecified atom stereocenters. The number of hydrogen-bond acceptors (Lipinski definition) is 2. The third-order valence-corrected chi connectivity index (χ3v) is 3.37. The lowest BCUT2D eigenvalue weighted by atomic mass is 9.88. The lowest BCUT2D eigenvalue weighted by molar-refractivity contribution is 0.182. The van der Waals surface area contributed by atoms with E-state index in [-0.39, 0.29) is 0 Å². The highest BCUT2D eigenvalue weighted by Crippen LogP contribution is 2.18. The quantitative estimate of drug-likeness (QED) is 0.656. The molecule has 1 fully saturated rings. The second-order valence-electron chi connectivity index (χ2n) is 4.54. The van der Waals surface area contributed by atoms with E-state index < -0.39 is 0 Å². The maximum Gasteiger partial charge on any atom is 0.0276 e. The first kappa shape index (κ1) is 10.0. The molecule has 2 nitrogen and oxygen atoms in total. The van der Waals surface area contributed by atoms with Gasteiger partial charge in [0.25, 0.3) is 0 Å². The van der Waals surface area contributed by atoms with E-state index in [4.69, 9.17) is 0 Å². The maximum atomic E-state index is 3.62. The fourth-order valence-electron chi connectivity index (χ4n) is 1.44. The summed E-state index contributed by atoms with van der Waals surface area (Å²) in [5.74, 6) is 0. The molecule has 0 saturated carbocycles. The minimum absolute atomic E-state index is 0.314. The van der Waals surface area contributed by atoms with Crippen molar-refractivity contribution in [3.05, 3.63) is 0 Å². The summed E-state index contributed by atoms with van der Waals surface area (Å²) in [4.78, 5) is 0. The Bertz CT molecular complexity index is 128. The molecule has 0 aromatic carbocycles. The van der Waals surface area contributed by atoms with Gasteiger partial charge in [0.05, 0.1) is 0 Å². The zero-order valence-corrected chi connectivity index (χ0v) is 8.83. The Hall–Kier alpha value is -0.0800. The summed E-state index contributed by atoms with van der Waals surface area (Å²) in [5, 5.41) is 7.25. The Morgan fingerprint density at radius 2 is 1.25 bits per heavy atom. The second-order valence-corrected chi connectivity index (χ2v) is 4.54. The van der Waals surface area contributed by atoms with Crippen LogP contribution in [0.1, 0.15) is 40.5 Å². The minimum atomic E-state index is 0.314. The molecule has 0 spiro atoms. The summed E-state index contributed by atoms with van der Waals surface area (Å²) in [6.07, 6.45) is 2.39. The van der Waals surface area contributed by atoms with Crippen LogP contribution in [-0.2, 0) is 0 Å². The topological polar surface area (TPSA) is 24.1 Å². The number of piperazine rings is 1. The first-order valence-corrected chi connectivity index (χ1v) is 5.04. The molecule has 0 aromatic rings. The van der Waals surface area contributed by atoms with Gasteiger partial charge in [-0.1, -0.05) is 13.8 Å². The molecule has 0 aromatic heterocycles. The maximum absolute atomic E-state index is 3.62. The fraction of sp³-hybridized carbons (Fsp3) is 1.00. The van der Waals surface area contributed by atoms with Crippen molar-refractivity contribution in [1.82, 2.24) is 10.6 Å². The van der Waals surface area contributed by atoms with Crippen LogP contribution < -0.4 is 10.6 Å². The average molecular weight is 170 g/mol. The molecular formula is C10H22N2. The van der Waals surface area contributed by atoms with Gasteiger partial charge in [0.1, 0.15) is 0 Å². The highest BCUT2D eigenvalue weighted by atomic mass is 15.1. The first-order valence-electron chi connectivity index (χ1n) is 5.04. The van der Waals surface area contributed by atoms with Gasteiger partial charge >= 0.3 is 0 Å². The molecule has 1 saturated heterocycles. The van der Waals surface area contributed by atoms with Crippen LogP contribution in [0.15, 0.2) is 0 Å². The van der Waals surface area contributed by atoms with E-state index >= 15 is 0 Å². The van der Waals surface area contributed by atoms with Gasteiger partial charge in [-0.2, -0.15) is 0 Å². The zero-order valence-electron chi connectivity index (χ0n) is 8.83. The largest absolute Gasteiger partial charge is 0.308 e. The summed E-state index contributed by atoms with van der Waals surface area (Å²) >= 11 is 0. The fourth-order valence-corrected chi connectivity index (χ4v) is 1.44. The molecule has 1 aliphatic heterocycles. The van der Waals surface area contributed by atoms with E-state index in [0.717, 1.165) is 13.1 Å². The van der Waals surface area contributed by atoms with Crippen molar-refractivity contribution in [2.45, 2.75) is 51.6 Å². The van der Waals surface area contributed by atoms with Crippen molar-refractivity contribution in [2.24, 2.45) is 0 Å². The number of hydrogen-bond donors (Lipinski definition) is 2. The SMILES string of the molecule is CCC1(C)CNC(C)(CC)CN1. The molecule has 1 heterocycles. The Morgan fingerprint density at radius 3 is 1.42 bits per heavy atom. The van der Waals surface area contributed by atoms with Crippen molar-refractivity contribution in [3.8, 4) is 0 Å². The van der Waals surface area contributed by atoms with Gasteiger partial charge in [-0.3, -0.25) is 0 Å². The van der Waals surface area contributed by atoms with Gasteiger partial charge in [0.15, 0.2) is 0 Å². The summed E-state index contributed by atoms with van der Waals surface area (Å²) in [6, 6.07) is 0. The zero-order chi connectivity index (χ0) is 9.24. The smallest absolute Gasteiger partial charge is 0.0276 e. The Kier molecular flexibility index (Phi) is 2.79. The third-order valence-electron chi connectivity index (χ3n) is 3.37. The molecule has 2 atom stereocenters. The van der Waals surface area contributed by atoms with Crippen molar-refractivity contribution >= 4 is 0 Å². The highest BCUT2D eigenvalue weighted by molar-refractivity contribution is 4.98. The Morgan fingerprint density at radius 1 is 0.917 bits per heavy atom. The Labute approximate surface area is 76.1 Å². The lowest BCUT2D eigenvalue weighted by Crippen LogP contribution is -2.66. The van der Waals surface area contributed by atoms with Crippen LogP contribution in [0.25, 0.3) is 0 Å². The van der Waals surface area contributed by atoms with Gasteiger partial charge in [0.2, 0.25) is 0 Å². The summed E-state index contributed by atoms with van der Waals surface area (Å²) < 4.78 is 0. The van der Waals surface area contributed by atoms with Crippen LogP contribution >= 0.6 is 0 Å². The molecular weight excluding hydrogens is 148 g/mol. The van der Waals surface area contributed by atoms with Crippen LogP contribution in [0, 0.1) is 0 Å². The van der Waals surface area contributed by atoms with Crippen LogP contribution in [0.4, 0.5) is 0 Å². The van der Waals surface area contributed by atoms with E-state index in [0.29, 0.717) is 11.1 Å².